The van der Waals surface area contributed by atoms with E-state index < -0.39 is 0 Å². The molecule has 6 rings (SSSR count). The minimum Gasteiger partial charge on any atom is -0.353 e. The Hall–Kier alpha value is -2.81. The lowest BCUT2D eigenvalue weighted by atomic mass is 9.99. The number of hydrogen-bond donors (Lipinski definition) is 1. The second-order valence-corrected chi connectivity index (χ2v) is 8.56. The van der Waals surface area contributed by atoms with E-state index in [-0.39, 0.29) is 0 Å². The molecule has 0 heterocycles. The van der Waals surface area contributed by atoms with E-state index in [9.17, 15) is 0 Å². The molecule has 1 nitrogen and oxygen atoms in total. The van der Waals surface area contributed by atoms with Crippen molar-refractivity contribution in [1.29, 1.82) is 0 Å². The summed E-state index contributed by atoms with van der Waals surface area (Å²) in [6.45, 7) is 0. The largest absolute Gasteiger partial charge is 0.353 e. The second-order valence-electron chi connectivity index (χ2n) is 7.33. The Morgan fingerprint density at radius 2 is 1.21 bits per heavy atom. The van der Waals surface area contributed by atoms with Crippen LogP contribution in [0.1, 0.15) is 11.1 Å². The van der Waals surface area contributed by atoms with E-state index in [1.165, 1.54) is 32.7 Å². The summed E-state index contributed by atoms with van der Waals surface area (Å²) < 4.78 is 1.07. The standard InChI is InChI=1S/C26H15BrClN/c27-21-13-11-15-9-10-16-12-14-22(24(21)23(15)16)29-26-20-8-4-2-6-18(20)17-5-1-3-7-19(17)25(26)28/h1-14,29H. The van der Waals surface area contributed by atoms with Crippen LogP contribution in [0.5, 0.6) is 0 Å². The zero-order valence-corrected chi connectivity index (χ0v) is 17.7. The van der Waals surface area contributed by atoms with Gasteiger partial charge in [-0.2, -0.15) is 0 Å². The quantitative estimate of drug-likeness (QED) is 0.257. The molecule has 5 aromatic carbocycles. The average molecular weight is 457 g/mol. The van der Waals surface area contributed by atoms with Crippen molar-refractivity contribution in [2.24, 2.45) is 0 Å². The topological polar surface area (TPSA) is 12.0 Å². The fraction of sp³-hybridized carbons (Fsp3) is 0. The van der Waals surface area contributed by atoms with E-state index in [4.69, 9.17) is 11.6 Å². The summed E-state index contributed by atoms with van der Waals surface area (Å²) in [5.74, 6) is 0. The lowest BCUT2D eigenvalue weighted by molar-refractivity contribution is 1.60. The van der Waals surface area contributed by atoms with Crippen molar-refractivity contribution < 1.29 is 0 Å². The number of benzene rings is 5. The molecule has 0 aromatic heterocycles. The molecule has 3 heteroatoms. The van der Waals surface area contributed by atoms with Gasteiger partial charge in [0, 0.05) is 26.3 Å². The van der Waals surface area contributed by atoms with Crippen LogP contribution in [-0.4, -0.2) is 0 Å². The van der Waals surface area contributed by atoms with E-state index in [0.29, 0.717) is 0 Å². The summed E-state index contributed by atoms with van der Waals surface area (Å²) in [7, 11) is 0. The Morgan fingerprint density at radius 1 is 0.621 bits per heavy atom. The van der Waals surface area contributed by atoms with Gasteiger partial charge in [0.05, 0.1) is 10.7 Å². The first kappa shape index (κ1) is 17.1. The highest BCUT2D eigenvalue weighted by atomic mass is 79.9. The lowest BCUT2D eigenvalue weighted by Gasteiger charge is -2.18. The molecule has 0 atom stereocenters. The van der Waals surface area contributed by atoms with Crippen molar-refractivity contribution in [2.45, 2.75) is 0 Å². The number of nitrogens with one attached hydrogen (secondary N) is 1. The molecule has 1 N–H and O–H groups in total. The maximum Gasteiger partial charge on any atom is 0.0725 e. The predicted molar refractivity (Wildman–Crippen MR) is 130 cm³/mol. The van der Waals surface area contributed by atoms with Gasteiger partial charge in [0.15, 0.2) is 0 Å². The molecule has 0 saturated carbocycles. The zero-order chi connectivity index (χ0) is 19.5. The molecule has 0 radical (unpaired) electrons. The van der Waals surface area contributed by atoms with Gasteiger partial charge in [0.25, 0.3) is 0 Å². The number of halogens is 2. The molecule has 0 saturated heterocycles. The van der Waals surface area contributed by atoms with Gasteiger partial charge in [-0.25, -0.2) is 0 Å². The lowest BCUT2D eigenvalue weighted by Crippen LogP contribution is -1.96. The maximum atomic E-state index is 6.95. The van der Waals surface area contributed by atoms with Crippen LogP contribution in [0.2, 0.25) is 5.02 Å². The highest BCUT2D eigenvalue weighted by molar-refractivity contribution is 9.10. The highest BCUT2D eigenvalue weighted by Gasteiger charge is 2.17. The van der Waals surface area contributed by atoms with Gasteiger partial charge in [-0.05, 0) is 39.4 Å². The Kier molecular flexibility index (Phi) is 3.74. The molecule has 29 heavy (non-hydrogen) atoms. The van der Waals surface area contributed by atoms with E-state index >= 15 is 0 Å². The third kappa shape index (κ3) is 2.46. The average Bonchev–Trinajstić information content (AvgIpc) is 3.18. The van der Waals surface area contributed by atoms with E-state index in [0.717, 1.165) is 31.6 Å². The molecular weight excluding hydrogens is 442 g/mol. The molecule has 0 amide bonds. The van der Waals surface area contributed by atoms with Crippen LogP contribution in [0.3, 0.4) is 0 Å². The van der Waals surface area contributed by atoms with Crippen LogP contribution < -0.4 is 5.32 Å². The highest BCUT2D eigenvalue weighted by Crippen LogP contribution is 2.44. The van der Waals surface area contributed by atoms with Crippen molar-refractivity contribution in [3.8, 4) is 0 Å². The third-order valence-electron chi connectivity index (χ3n) is 5.75. The van der Waals surface area contributed by atoms with E-state index in [1.54, 1.807) is 0 Å². The molecule has 0 spiro atoms. The van der Waals surface area contributed by atoms with Gasteiger partial charge in [-0.3, -0.25) is 0 Å². The van der Waals surface area contributed by atoms with Gasteiger partial charge in [0.1, 0.15) is 0 Å². The monoisotopic (exact) mass is 455 g/mol. The Balaban J connectivity index is 1.66. The summed E-state index contributed by atoms with van der Waals surface area (Å²) in [4.78, 5) is 0. The van der Waals surface area contributed by atoms with Crippen molar-refractivity contribution in [3.63, 3.8) is 0 Å². The predicted octanol–water partition coefficient (Wildman–Crippen LogP) is 8.79. The van der Waals surface area contributed by atoms with E-state index in [2.05, 4.69) is 100 Å². The summed E-state index contributed by atoms with van der Waals surface area (Å²) in [5.41, 5.74) is 4.48. The van der Waals surface area contributed by atoms with Crippen LogP contribution >= 0.6 is 27.5 Å². The molecule has 0 unspecified atom stereocenters. The number of anilines is 2. The van der Waals surface area contributed by atoms with Gasteiger partial charge in [-0.1, -0.05) is 100 Å². The van der Waals surface area contributed by atoms with Gasteiger partial charge < -0.3 is 5.32 Å². The molecule has 5 aromatic rings. The molecular formula is C26H15BrClN. The third-order valence-corrected chi connectivity index (χ3v) is 6.80. The fourth-order valence-corrected chi connectivity index (χ4v) is 5.28. The summed E-state index contributed by atoms with van der Waals surface area (Å²) in [5, 5.41) is 11.4. The Bertz CT molecular complexity index is 1490. The Labute approximate surface area is 181 Å². The van der Waals surface area contributed by atoms with Gasteiger partial charge in [-0.15, -0.1) is 0 Å². The van der Waals surface area contributed by atoms with Gasteiger partial charge >= 0.3 is 0 Å². The first-order valence-corrected chi connectivity index (χ1v) is 10.7. The second kappa shape index (κ2) is 6.35. The van der Waals surface area contributed by atoms with Crippen LogP contribution in [0.25, 0.3) is 44.5 Å². The molecule has 1 aliphatic carbocycles. The molecule has 0 bridgehead atoms. The van der Waals surface area contributed by atoms with Crippen molar-refractivity contribution >= 4 is 83.4 Å². The molecule has 0 aliphatic heterocycles. The van der Waals surface area contributed by atoms with Crippen molar-refractivity contribution in [2.75, 3.05) is 5.32 Å². The van der Waals surface area contributed by atoms with Crippen LogP contribution in [-0.2, 0) is 0 Å². The van der Waals surface area contributed by atoms with Crippen molar-refractivity contribution in [1.82, 2.24) is 0 Å². The first-order chi connectivity index (χ1) is 14.2. The summed E-state index contributed by atoms with van der Waals surface area (Å²) in [6, 6.07) is 25.3. The molecule has 138 valence electrons. The normalized spacial score (nSPS) is 12.3. The number of rotatable bonds is 2. The summed E-state index contributed by atoms with van der Waals surface area (Å²) >= 11 is 10.7. The van der Waals surface area contributed by atoms with Crippen molar-refractivity contribution in [3.05, 3.63) is 93.4 Å². The van der Waals surface area contributed by atoms with Crippen LogP contribution in [0.15, 0.2) is 77.3 Å². The minimum absolute atomic E-state index is 0.747. The Morgan fingerprint density at radius 3 is 1.93 bits per heavy atom. The first-order valence-electron chi connectivity index (χ1n) is 9.51. The molecule has 1 aliphatic rings. The van der Waals surface area contributed by atoms with Crippen LogP contribution in [0.4, 0.5) is 11.4 Å². The molecule has 0 fully saturated rings. The van der Waals surface area contributed by atoms with Crippen LogP contribution in [0, 0.1) is 0 Å². The SMILES string of the molecule is Clc1c(Nc2ccc3c4c(ccc(Br)c24)C=C3)c2ccccc2c2ccccc12. The smallest absolute Gasteiger partial charge is 0.0725 e. The number of hydrogen-bond acceptors (Lipinski definition) is 1. The number of fused-ring (bicyclic) bond motifs is 3. The minimum atomic E-state index is 0.747. The zero-order valence-electron chi connectivity index (χ0n) is 15.3. The summed E-state index contributed by atoms with van der Waals surface area (Å²) in [6.07, 6.45) is 4.35. The van der Waals surface area contributed by atoms with Gasteiger partial charge in [0.2, 0.25) is 0 Å². The van der Waals surface area contributed by atoms with E-state index in [1.807, 2.05) is 6.07 Å². The fourth-order valence-electron chi connectivity index (χ4n) is 4.42. The maximum absolute atomic E-state index is 6.95.